The van der Waals surface area contributed by atoms with Gasteiger partial charge in [-0.05, 0) is 36.8 Å². The Morgan fingerprint density at radius 2 is 2.11 bits per heavy atom. The molecule has 1 unspecified atom stereocenters. The molecule has 7 nitrogen and oxygen atoms in total. The molecule has 0 radical (unpaired) electrons. The van der Waals surface area contributed by atoms with E-state index in [4.69, 9.17) is 4.74 Å². The molecule has 0 saturated carbocycles. The number of hydrogen-bond acceptors (Lipinski definition) is 5. The number of methoxy groups -OCH3 is 1. The van der Waals surface area contributed by atoms with Gasteiger partial charge >= 0.3 is 0 Å². The summed E-state index contributed by atoms with van der Waals surface area (Å²) in [7, 11) is 1.50. The van der Waals surface area contributed by atoms with Gasteiger partial charge < -0.3 is 15.0 Å². The van der Waals surface area contributed by atoms with E-state index >= 15 is 0 Å². The molecule has 1 amide bonds. The maximum absolute atomic E-state index is 13.2. The predicted molar refractivity (Wildman–Crippen MR) is 103 cm³/mol. The van der Waals surface area contributed by atoms with Crippen LogP contribution < -0.4 is 10.2 Å². The third-order valence-electron chi connectivity index (χ3n) is 5.49. The number of ether oxygens (including phenoxy) is 1. The van der Waals surface area contributed by atoms with E-state index in [-0.39, 0.29) is 18.3 Å². The van der Waals surface area contributed by atoms with E-state index in [1.54, 1.807) is 0 Å². The first kappa shape index (κ1) is 18.9. The van der Waals surface area contributed by atoms with E-state index in [1.807, 2.05) is 16.8 Å². The summed E-state index contributed by atoms with van der Waals surface area (Å²) in [4.78, 5) is 16.4. The van der Waals surface area contributed by atoms with Gasteiger partial charge in [0.25, 0.3) is 0 Å². The fraction of sp³-hybridized carbons (Fsp3) is 0.500. The summed E-state index contributed by atoms with van der Waals surface area (Å²) in [6.45, 7) is 5.11. The topological polar surface area (TPSA) is 62.6 Å². The molecule has 1 aromatic carbocycles. The first-order valence-electron chi connectivity index (χ1n) is 9.68. The summed E-state index contributed by atoms with van der Waals surface area (Å²) in [6, 6.07) is 9.31. The maximum Gasteiger partial charge on any atom is 0.246 e. The van der Waals surface area contributed by atoms with Crippen LogP contribution >= 0.6 is 0 Å². The van der Waals surface area contributed by atoms with Crippen LogP contribution in [0.15, 0.2) is 30.3 Å². The minimum absolute atomic E-state index is 0.0631. The zero-order chi connectivity index (χ0) is 19.5. The molecule has 1 atom stereocenters. The Bertz CT molecular complexity index is 823. The van der Waals surface area contributed by atoms with Crippen LogP contribution in [0.2, 0.25) is 0 Å². The van der Waals surface area contributed by atoms with Crippen molar-refractivity contribution in [3.8, 4) is 0 Å². The van der Waals surface area contributed by atoms with Gasteiger partial charge in [-0.25, -0.2) is 4.39 Å². The smallest absolute Gasteiger partial charge is 0.246 e. The number of benzene rings is 1. The fourth-order valence-corrected chi connectivity index (χ4v) is 4.04. The van der Waals surface area contributed by atoms with Crippen LogP contribution in [0.5, 0.6) is 0 Å². The molecular formula is C20H26FN5O2. The fourth-order valence-electron chi connectivity index (χ4n) is 4.04. The summed E-state index contributed by atoms with van der Waals surface area (Å²) >= 11 is 0. The van der Waals surface area contributed by atoms with Crippen LogP contribution in [0, 0.1) is 5.82 Å². The molecule has 8 heteroatoms. The maximum atomic E-state index is 13.2. The van der Waals surface area contributed by atoms with Gasteiger partial charge in [0.2, 0.25) is 5.91 Å². The largest absolute Gasteiger partial charge is 0.375 e. The summed E-state index contributed by atoms with van der Waals surface area (Å²) < 4.78 is 20.0. The van der Waals surface area contributed by atoms with Crippen LogP contribution in [-0.4, -0.2) is 60.0 Å². The van der Waals surface area contributed by atoms with Crippen molar-refractivity contribution in [3.63, 3.8) is 0 Å². The summed E-state index contributed by atoms with van der Waals surface area (Å²) in [5, 5.41) is 7.42. The summed E-state index contributed by atoms with van der Waals surface area (Å²) in [6.07, 6.45) is 1.10. The number of amides is 1. The molecule has 4 rings (SSSR count). The highest BCUT2D eigenvalue weighted by atomic mass is 19.1. The summed E-state index contributed by atoms with van der Waals surface area (Å²) in [5.41, 5.74) is 3.14. The Labute approximate surface area is 164 Å². The molecule has 1 saturated heterocycles. The van der Waals surface area contributed by atoms with Gasteiger partial charge in [-0.15, -0.1) is 0 Å². The van der Waals surface area contributed by atoms with E-state index in [0.29, 0.717) is 12.6 Å². The summed E-state index contributed by atoms with van der Waals surface area (Å²) in [5.74, 6) is -0.333. The number of hydrogen-bond donors (Lipinski definition) is 1. The number of carbonyl (C=O) groups is 1. The van der Waals surface area contributed by atoms with E-state index in [1.165, 1.54) is 24.9 Å². The molecule has 150 valence electrons. The second kappa shape index (κ2) is 8.28. The van der Waals surface area contributed by atoms with Gasteiger partial charge in [0.15, 0.2) is 0 Å². The lowest BCUT2D eigenvalue weighted by Gasteiger charge is -2.32. The van der Waals surface area contributed by atoms with Crippen LogP contribution in [0.3, 0.4) is 0 Å². The average molecular weight is 387 g/mol. The number of nitrogens with one attached hydrogen (secondary N) is 1. The van der Waals surface area contributed by atoms with Crippen LogP contribution in [-0.2, 0) is 29.2 Å². The number of carbonyl (C=O) groups excluding carboxylic acids is 1. The van der Waals surface area contributed by atoms with Gasteiger partial charge in [0.05, 0.1) is 24.5 Å². The van der Waals surface area contributed by atoms with Crippen molar-refractivity contribution in [1.29, 1.82) is 0 Å². The normalized spacial score (nSPS) is 19.6. The van der Waals surface area contributed by atoms with Gasteiger partial charge in [0, 0.05) is 45.0 Å². The molecule has 0 bridgehead atoms. The number of fused-ring (bicyclic) bond motifs is 1. The molecule has 28 heavy (non-hydrogen) atoms. The van der Waals surface area contributed by atoms with Crippen molar-refractivity contribution >= 4 is 11.6 Å². The second-order valence-corrected chi connectivity index (χ2v) is 7.40. The highest BCUT2D eigenvalue weighted by molar-refractivity contribution is 5.77. The van der Waals surface area contributed by atoms with E-state index in [0.717, 1.165) is 50.5 Å². The molecule has 0 aliphatic carbocycles. The average Bonchev–Trinajstić information content (AvgIpc) is 3.33. The Morgan fingerprint density at radius 1 is 1.29 bits per heavy atom. The lowest BCUT2D eigenvalue weighted by Crippen LogP contribution is -2.42. The van der Waals surface area contributed by atoms with Crippen molar-refractivity contribution in [3.05, 3.63) is 47.5 Å². The zero-order valence-corrected chi connectivity index (χ0v) is 16.1. The third-order valence-corrected chi connectivity index (χ3v) is 5.49. The van der Waals surface area contributed by atoms with Crippen molar-refractivity contribution in [2.24, 2.45) is 0 Å². The second-order valence-electron chi connectivity index (χ2n) is 7.40. The van der Waals surface area contributed by atoms with Crippen molar-refractivity contribution in [1.82, 2.24) is 20.0 Å². The number of aromatic nitrogens is 2. The van der Waals surface area contributed by atoms with Gasteiger partial charge in [-0.1, -0.05) is 0 Å². The first-order valence-corrected chi connectivity index (χ1v) is 9.68. The monoisotopic (exact) mass is 387 g/mol. The van der Waals surface area contributed by atoms with Gasteiger partial charge in [0.1, 0.15) is 12.4 Å². The lowest BCUT2D eigenvalue weighted by atomic mass is 10.2. The Kier molecular flexibility index (Phi) is 5.59. The molecule has 1 N–H and O–H groups in total. The zero-order valence-electron chi connectivity index (χ0n) is 16.1. The molecule has 1 aromatic heterocycles. The number of rotatable bonds is 6. The van der Waals surface area contributed by atoms with E-state index in [2.05, 4.69) is 26.3 Å². The minimum atomic E-state index is -0.196. The third kappa shape index (κ3) is 4.18. The highest BCUT2D eigenvalue weighted by Crippen LogP contribution is 2.26. The van der Waals surface area contributed by atoms with Crippen LogP contribution in [0.1, 0.15) is 17.8 Å². The molecule has 0 spiro atoms. The molecule has 2 aliphatic heterocycles. The number of halogens is 1. The molecule has 1 fully saturated rings. The molecule has 2 aromatic rings. The minimum Gasteiger partial charge on any atom is -0.375 e. The molecular weight excluding hydrogens is 361 g/mol. The Balaban J connectivity index is 1.34. The number of nitrogens with zero attached hydrogens (tertiary/aromatic N) is 4. The van der Waals surface area contributed by atoms with Gasteiger partial charge in [-0.3, -0.25) is 14.4 Å². The Hall–Kier alpha value is -2.45. The molecule has 3 heterocycles. The van der Waals surface area contributed by atoms with Crippen LogP contribution in [0.4, 0.5) is 10.1 Å². The van der Waals surface area contributed by atoms with Gasteiger partial charge in [-0.2, -0.15) is 5.10 Å². The van der Waals surface area contributed by atoms with E-state index < -0.39 is 0 Å². The highest BCUT2D eigenvalue weighted by Gasteiger charge is 2.30. The van der Waals surface area contributed by atoms with Crippen molar-refractivity contribution < 1.29 is 13.9 Å². The first-order chi connectivity index (χ1) is 13.6. The van der Waals surface area contributed by atoms with Crippen LogP contribution in [0.25, 0.3) is 0 Å². The van der Waals surface area contributed by atoms with Crippen molar-refractivity contribution in [2.45, 2.75) is 32.1 Å². The van der Waals surface area contributed by atoms with E-state index in [9.17, 15) is 9.18 Å². The Morgan fingerprint density at radius 3 is 2.89 bits per heavy atom. The quantitative estimate of drug-likeness (QED) is 0.812. The molecule has 2 aliphatic rings. The SMILES string of the molecule is COCC(=O)NCc1cc2n(n1)CCN(C1CCN(c3ccc(F)cc3)C1)C2. The lowest BCUT2D eigenvalue weighted by molar-refractivity contribution is -0.124. The standard InChI is InChI=1S/C20H26FN5O2/c1-28-14-20(27)22-11-16-10-19-13-25(8-9-26(19)23-16)18-6-7-24(12-18)17-4-2-15(21)3-5-17/h2-5,10,18H,6-9,11-14H2,1H3,(H,22,27). The number of anilines is 1. The van der Waals surface area contributed by atoms with Crippen molar-refractivity contribution in [2.75, 3.05) is 38.3 Å². The predicted octanol–water partition coefficient (Wildman–Crippen LogP) is 1.38.